The summed E-state index contributed by atoms with van der Waals surface area (Å²) in [6.07, 6.45) is 0. The van der Waals surface area contributed by atoms with Crippen LogP contribution in [0.2, 0.25) is 0 Å². The highest BCUT2D eigenvalue weighted by Gasteiger charge is 2.12. The van der Waals surface area contributed by atoms with Gasteiger partial charge in [-0.25, -0.2) is 9.18 Å². The van der Waals surface area contributed by atoms with Crippen molar-refractivity contribution >= 4 is 17.6 Å². The SMILES string of the molecule is CCOc1ccc(C(=O)OCC(=O)Nc2ccc(C)cc2F)cc1. The van der Waals surface area contributed by atoms with Crippen molar-refractivity contribution in [3.63, 3.8) is 0 Å². The molecule has 0 bridgehead atoms. The minimum atomic E-state index is -0.641. The molecule has 0 radical (unpaired) electrons. The number of esters is 1. The van der Waals surface area contributed by atoms with Gasteiger partial charge in [0.25, 0.3) is 5.91 Å². The average Bonchev–Trinajstić information content (AvgIpc) is 2.56. The Bertz CT molecular complexity index is 728. The molecule has 1 N–H and O–H groups in total. The minimum absolute atomic E-state index is 0.0442. The van der Waals surface area contributed by atoms with E-state index in [1.54, 1.807) is 37.3 Å². The maximum absolute atomic E-state index is 13.6. The predicted octanol–water partition coefficient (Wildman–Crippen LogP) is 3.33. The molecular weight excluding hydrogens is 313 g/mol. The highest BCUT2D eigenvalue weighted by molar-refractivity contribution is 5.95. The number of nitrogens with one attached hydrogen (secondary N) is 1. The van der Waals surface area contributed by atoms with Crippen LogP contribution in [0, 0.1) is 12.7 Å². The molecule has 2 rings (SSSR count). The second kappa shape index (κ2) is 8.10. The fourth-order valence-electron chi connectivity index (χ4n) is 1.98. The van der Waals surface area contributed by atoms with Crippen LogP contribution in [0.3, 0.4) is 0 Å². The molecule has 24 heavy (non-hydrogen) atoms. The summed E-state index contributed by atoms with van der Waals surface area (Å²) >= 11 is 0. The van der Waals surface area contributed by atoms with E-state index in [2.05, 4.69) is 5.32 Å². The van der Waals surface area contributed by atoms with Crippen LogP contribution in [0.15, 0.2) is 42.5 Å². The van der Waals surface area contributed by atoms with Gasteiger partial charge in [-0.1, -0.05) is 6.07 Å². The molecule has 0 aliphatic carbocycles. The minimum Gasteiger partial charge on any atom is -0.494 e. The third-order valence-corrected chi connectivity index (χ3v) is 3.13. The molecule has 0 aromatic heterocycles. The van der Waals surface area contributed by atoms with Crippen LogP contribution in [-0.4, -0.2) is 25.1 Å². The molecule has 0 heterocycles. The molecule has 5 nitrogen and oxygen atoms in total. The summed E-state index contributed by atoms with van der Waals surface area (Å²) in [6.45, 7) is 3.63. The number of aryl methyl sites for hydroxylation is 1. The lowest BCUT2D eigenvalue weighted by Gasteiger charge is -2.08. The number of hydrogen-bond acceptors (Lipinski definition) is 4. The van der Waals surface area contributed by atoms with Gasteiger partial charge in [0.15, 0.2) is 6.61 Å². The first-order valence-electron chi connectivity index (χ1n) is 7.45. The standard InChI is InChI=1S/C18H18FNO4/c1-3-23-14-7-5-13(6-8-14)18(22)24-11-17(21)20-16-9-4-12(2)10-15(16)19/h4-10H,3,11H2,1-2H3,(H,20,21). The van der Waals surface area contributed by atoms with Crippen LogP contribution < -0.4 is 10.1 Å². The number of ether oxygens (including phenoxy) is 2. The monoisotopic (exact) mass is 331 g/mol. The number of benzene rings is 2. The molecule has 0 atom stereocenters. The Labute approximate surface area is 139 Å². The molecule has 2 aromatic rings. The molecular formula is C18H18FNO4. The van der Waals surface area contributed by atoms with E-state index in [0.29, 0.717) is 17.9 Å². The zero-order valence-corrected chi connectivity index (χ0v) is 13.5. The Kier molecular flexibility index (Phi) is 5.89. The maximum Gasteiger partial charge on any atom is 0.338 e. The first-order chi connectivity index (χ1) is 11.5. The average molecular weight is 331 g/mol. The van der Waals surface area contributed by atoms with Gasteiger partial charge >= 0.3 is 5.97 Å². The summed E-state index contributed by atoms with van der Waals surface area (Å²) in [4.78, 5) is 23.6. The molecule has 0 unspecified atom stereocenters. The summed E-state index contributed by atoms with van der Waals surface area (Å²) in [5.74, 6) is -1.16. The summed E-state index contributed by atoms with van der Waals surface area (Å²) < 4.78 is 23.8. The largest absolute Gasteiger partial charge is 0.494 e. The van der Waals surface area contributed by atoms with E-state index in [-0.39, 0.29) is 5.69 Å². The van der Waals surface area contributed by atoms with E-state index in [0.717, 1.165) is 5.56 Å². The molecule has 1 amide bonds. The number of amides is 1. The van der Waals surface area contributed by atoms with Crippen LogP contribution in [0.1, 0.15) is 22.8 Å². The molecule has 0 aliphatic heterocycles. The van der Waals surface area contributed by atoms with Gasteiger partial charge in [-0.05, 0) is 55.8 Å². The second-order valence-corrected chi connectivity index (χ2v) is 5.06. The molecule has 6 heteroatoms. The zero-order valence-electron chi connectivity index (χ0n) is 13.5. The summed E-state index contributed by atoms with van der Waals surface area (Å²) in [7, 11) is 0. The Morgan fingerprint density at radius 3 is 2.46 bits per heavy atom. The summed E-state index contributed by atoms with van der Waals surface area (Å²) in [5, 5.41) is 2.36. The quantitative estimate of drug-likeness (QED) is 0.825. The first-order valence-corrected chi connectivity index (χ1v) is 7.45. The third-order valence-electron chi connectivity index (χ3n) is 3.13. The van der Waals surface area contributed by atoms with Crippen molar-refractivity contribution in [1.29, 1.82) is 0 Å². The molecule has 2 aromatic carbocycles. The van der Waals surface area contributed by atoms with Crippen molar-refractivity contribution in [2.75, 3.05) is 18.5 Å². The highest BCUT2D eigenvalue weighted by atomic mass is 19.1. The number of carbonyl (C=O) groups is 2. The smallest absolute Gasteiger partial charge is 0.338 e. The molecule has 0 aliphatic rings. The molecule has 0 spiro atoms. The van der Waals surface area contributed by atoms with E-state index in [9.17, 15) is 14.0 Å². The topological polar surface area (TPSA) is 64.6 Å². The van der Waals surface area contributed by atoms with Crippen molar-refractivity contribution < 1.29 is 23.5 Å². The number of anilines is 1. The van der Waals surface area contributed by atoms with Crippen LogP contribution in [0.25, 0.3) is 0 Å². The van der Waals surface area contributed by atoms with Crippen LogP contribution in [0.5, 0.6) is 5.75 Å². The van der Waals surface area contributed by atoms with Crippen LogP contribution >= 0.6 is 0 Å². The van der Waals surface area contributed by atoms with Crippen molar-refractivity contribution in [2.45, 2.75) is 13.8 Å². The van der Waals surface area contributed by atoms with Crippen molar-refractivity contribution in [2.24, 2.45) is 0 Å². The summed E-state index contributed by atoms with van der Waals surface area (Å²) in [5.41, 5.74) is 1.09. The Balaban J connectivity index is 1.87. The lowest BCUT2D eigenvalue weighted by atomic mass is 10.2. The molecule has 126 valence electrons. The molecule has 0 saturated heterocycles. The number of carbonyl (C=O) groups excluding carboxylic acids is 2. The maximum atomic E-state index is 13.6. The van der Waals surface area contributed by atoms with E-state index in [1.807, 2.05) is 6.92 Å². The fraction of sp³-hybridized carbons (Fsp3) is 0.222. The molecule has 0 saturated carbocycles. The Morgan fingerprint density at radius 1 is 1.12 bits per heavy atom. The normalized spacial score (nSPS) is 10.1. The van der Waals surface area contributed by atoms with Gasteiger partial charge in [-0.3, -0.25) is 4.79 Å². The third kappa shape index (κ3) is 4.81. The number of halogens is 1. The second-order valence-electron chi connectivity index (χ2n) is 5.06. The van der Waals surface area contributed by atoms with Gasteiger partial charge in [0.05, 0.1) is 17.9 Å². The predicted molar refractivity (Wildman–Crippen MR) is 87.7 cm³/mol. The highest BCUT2D eigenvalue weighted by Crippen LogP contribution is 2.15. The van der Waals surface area contributed by atoms with Crippen molar-refractivity contribution in [3.05, 3.63) is 59.4 Å². The fourth-order valence-corrected chi connectivity index (χ4v) is 1.98. The van der Waals surface area contributed by atoms with Gasteiger partial charge in [-0.2, -0.15) is 0 Å². The summed E-state index contributed by atoms with van der Waals surface area (Å²) in [6, 6.07) is 10.8. The zero-order chi connectivity index (χ0) is 17.5. The Hall–Kier alpha value is -2.89. The van der Waals surface area contributed by atoms with Gasteiger partial charge < -0.3 is 14.8 Å². The lowest BCUT2D eigenvalue weighted by molar-refractivity contribution is -0.119. The Morgan fingerprint density at radius 2 is 1.83 bits per heavy atom. The lowest BCUT2D eigenvalue weighted by Crippen LogP contribution is -2.21. The van der Waals surface area contributed by atoms with Gasteiger partial charge in [0.2, 0.25) is 0 Å². The van der Waals surface area contributed by atoms with Gasteiger partial charge in [0, 0.05) is 0 Å². The van der Waals surface area contributed by atoms with E-state index < -0.39 is 24.3 Å². The number of rotatable bonds is 6. The van der Waals surface area contributed by atoms with Crippen LogP contribution in [0.4, 0.5) is 10.1 Å². The number of hydrogen-bond donors (Lipinski definition) is 1. The van der Waals surface area contributed by atoms with Gasteiger partial charge in [-0.15, -0.1) is 0 Å². The van der Waals surface area contributed by atoms with E-state index >= 15 is 0 Å². The van der Waals surface area contributed by atoms with E-state index in [1.165, 1.54) is 12.1 Å². The van der Waals surface area contributed by atoms with Gasteiger partial charge in [0.1, 0.15) is 11.6 Å². The van der Waals surface area contributed by atoms with Crippen molar-refractivity contribution in [1.82, 2.24) is 0 Å². The van der Waals surface area contributed by atoms with Crippen molar-refractivity contribution in [3.8, 4) is 5.75 Å². The first kappa shape index (κ1) is 17.5. The van der Waals surface area contributed by atoms with E-state index in [4.69, 9.17) is 9.47 Å². The molecule has 0 fully saturated rings. The van der Waals surface area contributed by atoms with Crippen LogP contribution in [-0.2, 0) is 9.53 Å².